The molecule has 282 valence electrons. The number of hydrogen-bond donors (Lipinski definition) is 3. The third-order valence-electron chi connectivity index (χ3n) is 8.63. The molecule has 5 aromatic rings. The molecule has 3 N–H and O–H groups in total. The summed E-state index contributed by atoms with van der Waals surface area (Å²) >= 11 is 2.72. The highest BCUT2D eigenvalue weighted by Crippen LogP contribution is 2.38. The lowest BCUT2D eigenvalue weighted by atomic mass is 10.0. The van der Waals surface area contributed by atoms with Crippen molar-refractivity contribution in [3.05, 3.63) is 148 Å². The van der Waals surface area contributed by atoms with Crippen LogP contribution < -0.4 is 20.7 Å². The molecule has 0 atom stereocenters. The van der Waals surface area contributed by atoms with E-state index in [0.29, 0.717) is 52.7 Å². The Bertz CT molecular complexity index is 2170. The van der Waals surface area contributed by atoms with Crippen LogP contribution in [0.5, 0.6) is 5.75 Å². The van der Waals surface area contributed by atoms with Gasteiger partial charge in [0.15, 0.2) is 0 Å². The van der Waals surface area contributed by atoms with Gasteiger partial charge in [-0.3, -0.25) is 19.3 Å². The van der Waals surface area contributed by atoms with Crippen LogP contribution in [0, 0.1) is 0 Å². The van der Waals surface area contributed by atoms with E-state index in [1.54, 1.807) is 67.6 Å². The summed E-state index contributed by atoms with van der Waals surface area (Å²) in [6, 6.07) is 33.3. The number of para-hydroxylation sites is 1. The minimum absolute atomic E-state index is 0.0256. The maximum Gasteiger partial charge on any atom is 0.341 e. The Balaban J connectivity index is 1.13. The number of nitrogens with one attached hydrogen (secondary N) is 3. The average molecular weight is 775 g/mol. The summed E-state index contributed by atoms with van der Waals surface area (Å²) in [6.45, 7) is 6.57. The number of esters is 1. The number of thiophene rings is 1. The molecule has 55 heavy (non-hydrogen) atoms. The highest BCUT2D eigenvalue weighted by Gasteiger charge is 2.29. The Morgan fingerprint density at radius 3 is 2.36 bits per heavy atom. The van der Waals surface area contributed by atoms with Crippen molar-refractivity contribution in [1.82, 2.24) is 10.2 Å². The van der Waals surface area contributed by atoms with Crippen LogP contribution in [0.4, 0.5) is 10.7 Å². The molecule has 0 bridgehead atoms. The van der Waals surface area contributed by atoms with Gasteiger partial charge in [0.25, 0.3) is 11.8 Å². The lowest BCUT2D eigenvalue weighted by molar-refractivity contribution is -0.114. The molecule has 0 saturated carbocycles. The summed E-state index contributed by atoms with van der Waals surface area (Å²) in [5.74, 6) is -1.04. The zero-order valence-electron chi connectivity index (χ0n) is 30.6. The highest BCUT2D eigenvalue weighted by molar-refractivity contribution is 8.00. The van der Waals surface area contributed by atoms with Crippen LogP contribution in [0.3, 0.4) is 0 Å². The van der Waals surface area contributed by atoms with Gasteiger partial charge in [-0.05, 0) is 73.9 Å². The number of ether oxygens (including phenoxy) is 2. The van der Waals surface area contributed by atoms with E-state index in [2.05, 4.69) is 33.0 Å². The van der Waals surface area contributed by atoms with Crippen molar-refractivity contribution in [1.29, 1.82) is 0 Å². The molecule has 0 radical (unpaired) electrons. The van der Waals surface area contributed by atoms with Gasteiger partial charge in [-0.25, -0.2) is 4.79 Å². The van der Waals surface area contributed by atoms with Gasteiger partial charge in [0.2, 0.25) is 5.91 Å². The molecule has 4 aromatic carbocycles. The smallest absolute Gasteiger partial charge is 0.341 e. The Hall–Kier alpha value is -5.69. The first-order chi connectivity index (χ1) is 26.8. The molecule has 3 amide bonds. The largest absolute Gasteiger partial charge is 0.493 e. The summed E-state index contributed by atoms with van der Waals surface area (Å²) in [7, 11) is 0. The molecular weight excluding hydrogens is 733 g/mol. The summed E-state index contributed by atoms with van der Waals surface area (Å²) in [5.41, 5.74) is 4.13. The van der Waals surface area contributed by atoms with Crippen LogP contribution in [0.15, 0.2) is 120 Å². The van der Waals surface area contributed by atoms with E-state index < -0.39 is 17.8 Å². The van der Waals surface area contributed by atoms with Crippen molar-refractivity contribution in [3.8, 4) is 5.75 Å². The van der Waals surface area contributed by atoms with Gasteiger partial charge in [0.1, 0.15) is 16.4 Å². The Morgan fingerprint density at radius 1 is 0.855 bits per heavy atom. The normalized spacial score (nSPS) is 12.7. The van der Waals surface area contributed by atoms with E-state index in [4.69, 9.17) is 9.47 Å². The molecule has 6 rings (SSSR count). The number of thioether (sulfide) groups is 1. The van der Waals surface area contributed by atoms with Crippen LogP contribution in [0.1, 0.15) is 56.1 Å². The molecule has 10 nitrogen and oxygen atoms in total. The first-order valence-electron chi connectivity index (χ1n) is 18.0. The number of nitrogens with zero attached hydrogens (tertiary/aromatic N) is 1. The molecule has 2 heterocycles. The number of carbonyl (C=O) groups excluding carboxylic acids is 4. The lowest BCUT2D eigenvalue weighted by Crippen LogP contribution is -2.30. The summed E-state index contributed by atoms with van der Waals surface area (Å²) in [6.07, 6.45) is 2.26. The van der Waals surface area contributed by atoms with Gasteiger partial charge < -0.3 is 25.4 Å². The Kier molecular flexibility index (Phi) is 13.5. The van der Waals surface area contributed by atoms with Crippen LogP contribution in [0.2, 0.25) is 0 Å². The first kappa shape index (κ1) is 39.0. The van der Waals surface area contributed by atoms with Crippen molar-refractivity contribution in [2.24, 2.45) is 0 Å². The Labute approximate surface area is 328 Å². The standard InChI is InChI=1S/C43H42N4O6S2/c1-3-52-36-21-12-11-18-31(36)24-35(45-40(49)30-16-9-6-10-17-30)41(50)44-32-19-13-20-33(25-32)54-28-38(48)46-42-39(43(51)53-4-2)34-22-23-47(27-37(34)55-42)26-29-14-7-5-8-15-29/h5-21,24-25H,3-4,22-23,26-28H2,1-2H3,(H,44,50)(H,45,49)(H,46,48)/b35-24+. The maximum absolute atomic E-state index is 13.7. The maximum atomic E-state index is 13.7. The predicted molar refractivity (Wildman–Crippen MR) is 218 cm³/mol. The number of hydrogen-bond acceptors (Lipinski definition) is 9. The number of rotatable bonds is 15. The third-order valence-corrected chi connectivity index (χ3v) is 10.8. The van der Waals surface area contributed by atoms with E-state index in [1.807, 2.05) is 49.4 Å². The second-order valence-electron chi connectivity index (χ2n) is 12.5. The number of amides is 3. The molecule has 0 fully saturated rings. The van der Waals surface area contributed by atoms with Gasteiger partial charge in [-0.15, -0.1) is 23.1 Å². The van der Waals surface area contributed by atoms with E-state index in [-0.39, 0.29) is 24.0 Å². The summed E-state index contributed by atoms with van der Waals surface area (Å²) in [4.78, 5) is 57.5. The van der Waals surface area contributed by atoms with Gasteiger partial charge in [0, 0.05) is 46.2 Å². The molecule has 12 heteroatoms. The summed E-state index contributed by atoms with van der Waals surface area (Å²) < 4.78 is 11.2. The molecule has 0 unspecified atom stereocenters. The minimum atomic E-state index is -0.536. The Morgan fingerprint density at radius 2 is 1.60 bits per heavy atom. The molecule has 1 aromatic heterocycles. The van der Waals surface area contributed by atoms with Crippen LogP contribution in [0.25, 0.3) is 6.08 Å². The van der Waals surface area contributed by atoms with Crippen molar-refractivity contribution >= 4 is 63.6 Å². The SMILES string of the molecule is CCOC(=O)c1c(NC(=O)CSc2cccc(NC(=O)/C(=C\c3ccccc3OCC)NC(=O)c3ccccc3)c2)sc2c1CCN(Cc1ccccc1)C2. The van der Waals surface area contributed by atoms with Gasteiger partial charge >= 0.3 is 5.97 Å². The summed E-state index contributed by atoms with van der Waals surface area (Å²) in [5, 5.41) is 9.13. The molecule has 0 saturated heterocycles. The number of benzene rings is 4. The zero-order chi connectivity index (χ0) is 38.6. The van der Waals surface area contributed by atoms with Crippen LogP contribution >= 0.6 is 23.1 Å². The molecule has 0 spiro atoms. The van der Waals surface area contributed by atoms with Crippen molar-refractivity contribution in [2.75, 3.05) is 36.1 Å². The number of fused-ring (bicyclic) bond motifs is 1. The quantitative estimate of drug-likeness (QED) is 0.0555. The van der Waals surface area contributed by atoms with Gasteiger partial charge in [-0.2, -0.15) is 0 Å². The average Bonchev–Trinajstić information content (AvgIpc) is 3.55. The fourth-order valence-corrected chi connectivity index (χ4v) is 8.15. The lowest BCUT2D eigenvalue weighted by Gasteiger charge is -2.27. The van der Waals surface area contributed by atoms with Crippen molar-refractivity contribution in [2.45, 2.75) is 38.3 Å². The highest BCUT2D eigenvalue weighted by atomic mass is 32.2. The van der Waals surface area contributed by atoms with Gasteiger partial charge in [0.05, 0.1) is 24.5 Å². The monoisotopic (exact) mass is 774 g/mol. The predicted octanol–water partition coefficient (Wildman–Crippen LogP) is 8.02. The van der Waals surface area contributed by atoms with Crippen LogP contribution in [-0.2, 0) is 33.8 Å². The topological polar surface area (TPSA) is 126 Å². The molecular formula is C43H42N4O6S2. The fourth-order valence-electron chi connectivity index (χ4n) is 6.10. The minimum Gasteiger partial charge on any atom is -0.493 e. The van der Waals surface area contributed by atoms with Gasteiger partial charge in [-0.1, -0.05) is 72.8 Å². The molecule has 1 aliphatic heterocycles. The second-order valence-corrected chi connectivity index (χ2v) is 14.7. The number of carbonyl (C=O) groups is 4. The first-order valence-corrected chi connectivity index (χ1v) is 19.8. The van der Waals surface area contributed by atoms with Crippen molar-refractivity contribution in [3.63, 3.8) is 0 Å². The van der Waals surface area contributed by atoms with E-state index >= 15 is 0 Å². The fraction of sp³-hybridized carbons (Fsp3) is 0.209. The molecule has 0 aliphatic carbocycles. The third kappa shape index (κ3) is 10.5. The zero-order valence-corrected chi connectivity index (χ0v) is 32.3. The van der Waals surface area contributed by atoms with E-state index in [1.165, 1.54) is 28.7 Å². The van der Waals surface area contributed by atoms with Crippen LogP contribution in [-0.4, -0.2) is 54.1 Å². The second kappa shape index (κ2) is 19.1. The van der Waals surface area contributed by atoms with Crippen molar-refractivity contribution < 1.29 is 28.7 Å². The number of anilines is 2. The van der Waals surface area contributed by atoms with E-state index in [9.17, 15) is 19.2 Å². The van der Waals surface area contributed by atoms with E-state index in [0.717, 1.165) is 28.4 Å². The molecule has 1 aliphatic rings.